The van der Waals surface area contributed by atoms with Gasteiger partial charge in [-0.25, -0.2) is 4.39 Å². The predicted octanol–water partition coefficient (Wildman–Crippen LogP) is 3.90. The highest BCUT2D eigenvalue weighted by molar-refractivity contribution is 9.10. The molecule has 0 bridgehead atoms. The van der Waals surface area contributed by atoms with Gasteiger partial charge in [-0.15, -0.1) is 0 Å². The molecule has 0 N–H and O–H groups in total. The molecule has 0 fully saturated rings. The molecule has 0 saturated carbocycles. The molecular formula is C12H11BrFN. The van der Waals surface area contributed by atoms with Crippen molar-refractivity contribution in [2.75, 3.05) is 0 Å². The molecule has 0 spiro atoms. The van der Waals surface area contributed by atoms with Crippen LogP contribution in [0.2, 0.25) is 0 Å². The first-order chi connectivity index (χ1) is 7.09. The van der Waals surface area contributed by atoms with E-state index in [-0.39, 0.29) is 5.82 Å². The Morgan fingerprint density at radius 1 is 1.20 bits per heavy atom. The molecule has 1 aromatic heterocycles. The summed E-state index contributed by atoms with van der Waals surface area (Å²) in [5, 5.41) is 0. The monoisotopic (exact) mass is 267 g/mol. The smallest absolute Gasteiger partial charge is 0.126 e. The van der Waals surface area contributed by atoms with Crippen molar-refractivity contribution in [2.24, 2.45) is 7.05 Å². The zero-order valence-electron chi connectivity index (χ0n) is 8.59. The number of benzene rings is 1. The van der Waals surface area contributed by atoms with E-state index in [1.54, 1.807) is 13.0 Å². The third-order valence-corrected chi connectivity index (χ3v) is 3.31. The molecule has 1 aromatic carbocycles. The van der Waals surface area contributed by atoms with E-state index in [0.717, 1.165) is 15.9 Å². The molecule has 3 heteroatoms. The highest BCUT2D eigenvalue weighted by Gasteiger charge is 2.06. The van der Waals surface area contributed by atoms with Crippen LogP contribution >= 0.6 is 15.9 Å². The number of rotatable bonds is 1. The van der Waals surface area contributed by atoms with Crippen LogP contribution in [0.5, 0.6) is 0 Å². The molecule has 2 aromatic rings. The van der Waals surface area contributed by atoms with Gasteiger partial charge >= 0.3 is 0 Å². The van der Waals surface area contributed by atoms with E-state index >= 15 is 0 Å². The van der Waals surface area contributed by atoms with Crippen LogP contribution in [0.4, 0.5) is 4.39 Å². The summed E-state index contributed by atoms with van der Waals surface area (Å²) < 4.78 is 16.1. The molecule has 0 aliphatic heterocycles. The van der Waals surface area contributed by atoms with Gasteiger partial charge in [0.25, 0.3) is 0 Å². The highest BCUT2D eigenvalue weighted by atomic mass is 79.9. The zero-order chi connectivity index (χ0) is 11.0. The normalized spacial score (nSPS) is 10.7. The Labute approximate surface area is 96.7 Å². The molecule has 78 valence electrons. The van der Waals surface area contributed by atoms with Crippen molar-refractivity contribution < 1.29 is 4.39 Å². The fourth-order valence-corrected chi connectivity index (χ4v) is 1.90. The summed E-state index contributed by atoms with van der Waals surface area (Å²) in [5.74, 6) is -0.160. The van der Waals surface area contributed by atoms with Crippen molar-refractivity contribution in [3.8, 4) is 11.3 Å². The van der Waals surface area contributed by atoms with E-state index in [9.17, 15) is 4.39 Å². The van der Waals surface area contributed by atoms with E-state index in [1.807, 2.05) is 29.8 Å². The molecule has 0 amide bonds. The summed E-state index contributed by atoms with van der Waals surface area (Å²) in [5.41, 5.74) is 2.77. The second-order valence-electron chi connectivity index (χ2n) is 3.56. The lowest BCUT2D eigenvalue weighted by atomic mass is 10.1. The van der Waals surface area contributed by atoms with Gasteiger partial charge < -0.3 is 4.57 Å². The first-order valence-corrected chi connectivity index (χ1v) is 5.46. The van der Waals surface area contributed by atoms with Crippen LogP contribution in [0.1, 0.15) is 5.56 Å². The fourth-order valence-electron chi connectivity index (χ4n) is 1.58. The average molecular weight is 268 g/mol. The second-order valence-corrected chi connectivity index (χ2v) is 4.38. The lowest BCUT2D eigenvalue weighted by Crippen LogP contribution is -1.92. The van der Waals surface area contributed by atoms with Crippen molar-refractivity contribution in [3.63, 3.8) is 0 Å². The van der Waals surface area contributed by atoms with E-state index in [4.69, 9.17) is 0 Å². The molecule has 0 radical (unpaired) electrons. The number of nitrogens with zero attached hydrogens (tertiary/aromatic N) is 1. The van der Waals surface area contributed by atoms with Crippen LogP contribution in [0.15, 0.2) is 34.9 Å². The van der Waals surface area contributed by atoms with Crippen LogP contribution in [-0.2, 0) is 7.05 Å². The largest absolute Gasteiger partial charge is 0.338 e. The maximum Gasteiger partial charge on any atom is 0.126 e. The fraction of sp³-hybridized carbons (Fsp3) is 0.167. The molecule has 0 atom stereocenters. The minimum Gasteiger partial charge on any atom is -0.338 e. The molecule has 1 nitrogen and oxygen atoms in total. The minimum atomic E-state index is -0.160. The first kappa shape index (κ1) is 10.4. The van der Waals surface area contributed by atoms with Crippen molar-refractivity contribution in [1.82, 2.24) is 4.57 Å². The lowest BCUT2D eigenvalue weighted by molar-refractivity contribution is 0.618. The third-order valence-electron chi connectivity index (χ3n) is 2.51. The highest BCUT2D eigenvalue weighted by Crippen LogP contribution is 2.25. The summed E-state index contributed by atoms with van der Waals surface area (Å²) in [4.78, 5) is 0. The standard InChI is InChI=1S/C12H11BrFN/c1-8-7-9(3-4-10(8)14)11-5-6-12(13)15(11)2/h3-7H,1-2H3. The van der Waals surface area contributed by atoms with Crippen LogP contribution < -0.4 is 0 Å². The van der Waals surface area contributed by atoms with Crippen LogP contribution in [-0.4, -0.2) is 4.57 Å². The number of aryl methyl sites for hydroxylation is 1. The summed E-state index contributed by atoms with van der Waals surface area (Å²) in [6, 6.07) is 9.15. The van der Waals surface area contributed by atoms with Gasteiger partial charge in [0, 0.05) is 12.7 Å². The van der Waals surface area contributed by atoms with Gasteiger partial charge in [-0.05, 0) is 64.3 Å². The number of aromatic nitrogens is 1. The second kappa shape index (κ2) is 3.81. The molecule has 0 unspecified atom stereocenters. The van der Waals surface area contributed by atoms with Crippen molar-refractivity contribution >= 4 is 15.9 Å². The number of halogens is 2. The lowest BCUT2D eigenvalue weighted by Gasteiger charge is -2.06. The van der Waals surface area contributed by atoms with Crippen molar-refractivity contribution in [2.45, 2.75) is 6.92 Å². The zero-order valence-corrected chi connectivity index (χ0v) is 10.2. The molecule has 1 heterocycles. The SMILES string of the molecule is Cc1cc(-c2ccc(Br)n2C)ccc1F. The Bertz CT molecular complexity index is 502. The number of hydrogen-bond donors (Lipinski definition) is 0. The first-order valence-electron chi connectivity index (χ1n) is 4.67. The van der Waals surface area contributed by atoms with Gasteiger partial charge in [-0.2, -0.15) is 0 Å². The summed E-state index contributed by atoms with van der Waals surface area (Å²) in [7, 11) is 1.97. The summed E-state index contributed by atoms with van der Waals surface area (Å²) in [6.45, 7) is 1.77. The number of hydrogen-bond acceptors (Lipinski definition) is 0. The molecule has 0 aliphatic rings. The Morgan fingerprint density at radius 2 is 1.93 bits per heavy atom. The Balaban J connectivity index is 2.55. The van der Waals surface area contributed by atoms with Gasteiger partial charge in [0.15, 0.2) is 0 Å². The van der Waals surface area contributed by atoms with Gasteiger partial charge in [0.05, 0.1) is 4.60 Å². The topological polar surface area (TPSA) is 4.93 Å². The van der Waals surface area contributed by atoms with Crippen LogP contribution in [0.25, 0.3) is 11.3 Å². The molecular weight excluding hydrogens is 257 g/mol. The third kappa shape index (κ3) is 1.84. The van der Waals surface area contributed by atoms with Crippen molar-refractivity contribution in [1.29, 1.82) is 0 Å². The molecule has 15 heavy (non-hydrogen) atoms. The Kier molecular flexibility index (Phi) is 2.65. The average Bonchev–Trinajstić information content (AvgIpc) is 2.53. The van der Waals surface area contributed by atoms with Gasteiger partial charge in [-0.1, -0.05) is 0 Å². The van der Waals surface area contributed by atoms with Crippen LogP contribution in [0, 0.1) is 12.7 Å². The quantitative estimate of drug-likeness (QED) is 0.739. The maximum atomic E-state index is 13.1. The van der Waals surface area contributed by atoms with E-state index in [2.05, 4.69) is 15.9 Å². The Morgan fingerprint density at radius 3 is 2.47 bits per heavy atom. The maximum absolute atomic E-state index is 13.1. The molecule has 0 saturated heterocycles. The van der Waals surface area contributed by atoms with Gasteiger partial charge in [0.2, 0.25) is 0 Å². The molecule has 0 aliphatic carbocycles. The van der Waals surface area contributed by atoms with Crippen LogP contribution in [0.3, 0.4) is 0 Å². The van der Waals surface area contributed by atoms with Gasteiger partial charge in [0.1, 0.15) is 5.82 Å². The predicted molar refractivity (Wildman–Crippen MR) is 63.2 cm³/mol. The van der Waals surface area contributed by atoms with E-state index in [1.165, 1.54) is 6.07 Å². The minimum absolute atomic E-state index is 0.160. The van der Waals surface area contributed by atoms with Crippen molar-refractivity contribution in [3.05, 3.63) is 46.3 Å². The van der Waals surface area contributed by atoms with E-state index in [0.29, 0.717) is 5.56 Å². The summed E-state index contributed by atoms with van der Waals surface area (Å²) >= 11 is 3.44. The summed E-state index contributed by atoms with van der Waals surface area (Å²) in [6.07, 6.45) is 0. The van der Waals surface area contributed by atoms with Gasteiger partial charge in [-0.3, -0.25) is 0 Å². The Hall–Kier alpha value is -1.09. The van der Waals surface area contributed by atoms with E-state index < -0.39 is 0 Å². The molecule has 2 rings (SSSR count).